The van der Waals surface area contributed by atoms with Gasteiger partial charge in [0.25, 0.3) is 10.0 Å². The van der Waals surface area contributed by atoms with Crippen molar-refractivity contribution in [2.45, 2.75) is 185 Å². The number of sulfonamides is 5. The molecule has 0 N–H and O–H groups in total. The van der Waals surface area contributed by atoms with E-state index in [2.05, 4.69) is 20.9 Å². The molecule has 0 atom stereocenters. The van der Waals surface area contributed by atoms with Crippen LogP contribution in [0.25, 0.3) is 0 Å². The van der Waals surface area contributed by atoms with Crippen molar-refractivity contribution in [3.63, 3.8) is 0 Å². The van der Waals surface area contributed by atoms with Gasteiger partial charge in [-0.25, -0.2) is 88.2 Å². The molecule has 10 aromatic rings. The lowest BCUT2D eigenvalue weighted by molar-refractivity contribution is 0.135. The first-order chi connectivity index (χ1) is 68.8. The number of carbonyl (C=O) groups is 5. The fourth-order valence-electron chi connectivity index (χ4n) is 19.3. The molecular weight excluding hydrogens is 2150 g/mol. The SMILES string of the molecule is CS(=O)(=O)c1ccc(S(=O)(=O)N2CCC(N3C(=O)OCc4ccccc43)CC2)cc1.Cc1ccc2c(c1)COC(=O)N2C1CCN(S(=O)(=O)c2c(Cl)cccc2Cl)CC1.Cc1ccc2c(c1)COC(=O)N2C1CCN(S(=O)(=O)c2cc(Br)c(F)cc2F)CC1.Cc1ccc2c(c1)COC(=O)N2C1CCN(S(=O)(=O)c2cc(Cl)cc(Cl)c2)CC1.Cc1ccc2c(c1)COC(=O)N2C1CCN(S(=O)(=O)c2cn(C)cn2)CC1. The number of nitrogens with zero attached hydrogens (tertiary/aromatic N) is 12. The molecule has 20 rings (SSSR count). The molecule has 5 amide bonds. The zero-order valence-electron chi connectivity index (χ0n) is 79.3. The first-order valence-electron chi connectivity index (χ1n) is 46.4. The summed E-state index contributed by atoms with van der Waals surface area (Å²) in [6.45, 7) is 11.7. The van der Waals surface area contributed by atoms with Crippen molar-refractivity contribution < 1.29 is 107 Å². The Labute approximate surface area is 868 Å². The number of rotatable bonds is 16. The molecule has 34 nitrogen and oxygen atoms in total. The van der Waals surface area contributed by atoms with Crippen LogP contribution in [0.1, 0.15) is 114 Å². The summed E-state index contributed by atoms with van der Waals surface area (Å²) in [7, 11) is -20.7. The summed E-state index contributed by atoms with van der Waals surface area (Å²) in [6, 6.07) is 45.9. The number of hydrogen-bond donors (Lipinski definition) is 0. The number of halogens is 7. The van der Waals surface area contributed by atoms with Crippen molar-refractivity contribution in [2.75, 3.05) is 96.2 Å². The van der Waals surface area contributed by atoms with E-state index in [1.165, 1.54) is 84.3 Å². The molecular formula is C98H103BrCl4F2N12O22S6. The van der Waals surface area contributed by atoms with E-state index in [1.807, 2.05) is 125 Å². The summed E-state index contributed by atoms with van der Waals surface area (Å²) in [5.41, 5.74) is 13.2. The average molecular weight is 2250 g/mol. The van der Waals surface area contributed by atoms with E-state index in [0.717, 1.165) is 95.1 Å². The summed E-state index contributed by atoms with van der Waals surface area (Å²) in [5.74, 6) is -2.01. The fraction of sp³-hybridized carbons (Fsp3) is 0.367. The van der Waals surface area contributed by atoms with Crippen LogP contribution in [0.5, 0.6) is 0 Å². The van der Waals surface area contributed by atoms with Crippen molar-refractivity contribution >= 4 is 181 Å². The smallest absolute Gasteiger partial charge is 0.414 e. The van der Waals surface area contributed by atoms with Gasteiger partial charge in [0.15, 0.2) is 14.9 Å². The minimum atomic E-state index is -4.14. The van der Waals surface area contributed by atoms with E-state index in [0.29, 0.717) is 96.5 Å². The summed E-state index contributed by atoms with van der Waals surface area (Å²) in [4.78, 5) is 73.9. The van der Waals surface area contributed by atoms with E-state index in [9.17, 15) is 83.3 Å². The number of carbonyl (C=O) groups excluding carboxylic acids is 5. The average Bonchev–Trinajstić information content (AvgIpc) is 0.893. The Balaban J connectivity index is 0.000000130. The number of amides is 5. The van der Waals surface area contributed by atoms with Gasteiger partial charge in [-0.3, -0.25) is 24.5 Å². The maximum atomic E-state index is 14.2. The van der Waals surface area contributed by atoms with E-state index < -0.39 is 94.8 Å². The van der Waals surface area contributed by atoms with E-state index in [1.54, 1.807) is 42.2 Å². The Morgan fingerprint density at radius 2 is 0.648 bits per heavy atom. The van der Waals surface area contributed by atoms with Crippen molar-refractivity contribution in [2.24, 2.45) is 7.05 Å². The fourth-order valence-corrected chi connectivity index (χ4v) is 29.6. The Kier molecular flexibility index (Phi) is 32.7. The highest BCUT2D eigenvalue weighted by Gasteiger charge is 2.46. The molecule has 5 fully saturated rings. The van der Waals surface area contributed by atoms with Gasteiger partial charge in [0.2, 0.25) is 40.1 Å². The third-order valence-corrected chi connectivity index (χ3v) is 39.2. The van der Waals surface area contributed by atoms with Crippen LogP contribution in [0, 0.1) is 39.3 Å². The molecule has 10 aliphatic rings. The molecule has 11 heterocycles. The first kappa shape index (κ1) is 107. The molecule has 10 aliphatic heterocycles. The van der Waals surface area contributed by atoms with Gasteiger partial charge in [0.1, 0.15) is 54.5 Å². The predicted molar refractivity (Wildman–Crippen MR) is 543 cm³/mol. The summed E-state index contributed by atoms with van der Waals surface area (Å²) < 4.78 is 215. The second kappa shape index (κ2) is 44.1. The third kappa shape index (κ3) is 23.4. The van der Waals surface area contributed by atoms with Crippen LogP contribution in [0.3, 0.4) is 0 Å². The molecule has 0 bridgehead atoms. The highest BCUT2D eigenvalue weighted by molar-refractivity contribution is 9.10. The summed E-state index contributed by atoms with van der Waals surface area (Å²) in [5, 5.41) is 0.802. The second-order valence-electron chi connectivity index (χ2n) is 36.4. The van der Waals surface area contributed by atoms with E-state index in [4.69, 9.17) is 70.1 Å². The quantitative estimate of drug-likeness (QED) is 0.0640. The minimum absolute atomic E-state index is 0.0519. The highest BCUT2D eigenvalue weighted by atomic mass is 79.9. The number of benzene rings is 9. The lowest BCUT2D eigenvalue weighted by atomic mass is 10.0. The molecule has 772 valence electrons. The molecule has 0 saturated carbocycles. The highest BCUT2D eigenvalue weighted by Crippen LogP contribution is 2.43. The summed E-state index contributed by atoms with van der Waals surface area (Å²) in [6.07, 6.45) is 6.83. The van der Waals surface area contributed by atoms with E-state index >= 15 is 0 Å². The van der Waals surface area contributed by atoms with Gasteiger partial charge < -0.3 is 28.3 Å². The number of hydrogen-bond acceptors (Lipinski definition) is 23. The largest absolute Gasteiger partial charge is 0.444 e. The van der Waals surface area contributed by atoms with Crippen LogP contribution in [0.2, 0.25) is 20.1 Å². The van der Waals surface area contributed by atoms with Crippen molar-refractivity contribution in [1.29, 1.82) is 0 Å². The van der Waals surface area contributed by atoms with Crippen molar-refractivity contribution in [3.8, 4) is 0 Å². The van der Waals surface area contributed by atoms with Crippen molar-refractivity contribution in [3.05, 3.63) is 269 Å². The Morgan fingerprint density at radius 3 is 0.993 bits per heavy atom. The number of aromatic nitrogens is 2. The van der Waals surface area contributed by atoms with Crippen LogP contribution in [0.15, 0.2) is 216 Å². The van der Waals surface area contributed by atoms with Gasteiger partial charge >= 0.3 is 30.5 Å². The maximum Gasteiger partial charge on any atom is 0.414 e. The standard InChI is InChI=1S/C20H19BrF2N2O4S.2C20H20Cl2N2O4S.C20H22N2O6S2.C18H22N4O4S/c1-12-2-3-18-13(8-12)11-29-20(26)25(18)14-4-6-24(7-5-14)30(27,28)19-9-15(21)16(22)10-17(19)23;1-13-2-3-19-14(8-13)12-28-20(25)24(19)17-4-6-23(7-5-17)29(26,27)18-10-15(21)9-16(22)11-18;1-13-5-6-18-14(11-13)12-28-20(25)24(18)15-7-9-23(10-8-15)29(26,27)19-16(21)3-2-4-17(19)22;1-29(24,25)17-6-8-18(9-7-17)30(26,27)21-12-10-16(11-13-21)22-19-5-3-2-4-15(19)14-28-20(22)23;1-13-3-4-16-14(9-13)11-26-18(23)22(16)15-5-7-21(8-6-15)27(24,25)17-10-20(2)12-19-17/h2-3,8-10,14H,4-7,11H2,1H3;2-3,8-11,17H,4-7,12H2,1H3;2-6,11,15H,7-10,12H2,1H3;2-9,16H,10-14H2,1H3;3-4,9-10,12,15H,5-8,11H2,1-2H3. The zero-order chi connectivity index (χ0) is 104. The van der Waals surface area contributed by atoms with Gasteiger partial charge in [0.05, 0.1) is 64.0 Å². The summed E-state index contributed by atoms with van der Waals surface area (Å²) >= 11 is 27.1. The number of imidazole rings is 1. The number of para-hydroxylation sites is 1. The van der Waals surface area contributed by atoms with E-state index in [-0.39, 0.29) is 164 Å². The van der Waals surface area contributed by atoms with Crippen LogP contribution < -0.4 is 24.5 Å². The molecule has 145 heavy (non-hydrogen) atoms. The number of aryl methyl sites for hydroxylation is 5. The predicted octanol–water partition coefficient (Wildman–Crippen LogP) is 18.0. The number of anilines is 5. The topological polar surface area (TPSA) is 387 Å². The molecule has 47 heteroatoms. The monoisotopic (exact) mass is 2250 g/mol. The number of cyclic esters (lactones) is 5. The normalized spacial score (nSPS) is 18.6. The maximum absolute atomic E-state index is 14.2. The van der Waals surface area contributed by atoms with Gasteiger partial charge in [-0.15, -0.1) is 0 Å². The third-order valence-electron chi connectivity index (χ3n) is 26.7. The second-order valence-corrected chi connectivity index (χ2v) is 50.5. The molecule has 5 saturated heterocycles. The first-order valence-corrected chi connectivity index (χ1v) is 57.8. The number of sulfone groups is 1. The lowest BCUT2D eigenvalue weighted by Crippen LogP contribution is -2.50. The lowest BCUT2D eigenvalue weighted by Gasteiger charge is -2.40. The Bertz CT molecular complexity index is 7380. The van der Waals surface area contributed by atoms with Gasteiger partial charge in [-0.2, -0.15) is 21.5 Å². The Hall–Kier alpha value is -10.5. The van der Waals surface area contributed by atoms with Gasteiger partial charge in [-0.1, -0.05) is 141 Å². The molecule has 0 radical (unpaired) electrons. The van der Waals surface area contributed by atoms with Crippen LogP contribution >= 0.6 is 62.3 Å². The number of piperidine rings is 5. The molecule has 9 aromatic carbocycles. The van der Waals surface area contributed by atoms with Crippen LogP contribution in [-0.2, 0) is 124 Å². The van der Waals surface area contributed by atoms with Gasteiger partial charge in [-0.05, 0) is 199 Å². The minimum Gasteiger partial charge on any atom is -0.444 e. The Morgan fingerprint density at radius 1 is 0.338 bits per heavy atom. The molecule has 0 unspecified atom stereocenters. The molecule has 1 aromatic heterocycles. The van der Waals surface area contributed by atoms with Crippen LogP contribution in [-0.4, -0.2) is 214 Å². The number of fused-ring (bicyclic) bond motifs is 5. The number of ether oxygens (including phenoxy) is 5. The van der Waals surface area contributed by atoms with Gasteiger partial charge in [0, 0.05) is 159 Å². The van der Waals surface area contributed by atoms with Crippen molar-refractivity contribution in [1.82, 2.24) is 31.1 Å². The molecule has 0 spiro atoms. The zero-order valence-corrected chi connectivity index (χ0v) is 88.8. The van der Waals surface area contributed by atoms with Crippen LogP contribution in [0.4, 0.5) is 61.2 Å². The molecule has 0 aliphatic carbocycles.